The summed E-state index contributed by atoms with van der Waals surface area (Å²) in [6.07, 6.45) is 2.06. The van der Waals surface area contributed by atoms with E-state index < -0.39 is 0 Å². The molecule has 1 N–H and O–H groups in total. The van der Waals surface area contributed by atoms with Crippen LogP contribution in [0.5, 0.6) is 0 Å². The van der Waals surface area contributed by atoms with Gasteiger partial charge in [0.25, 0.3) is 0 Å². The van der Waals surface area contributed by atoms with Gasteiger partial charge < -0.3 is 5.11 Å². The van der Waals surface area contributed by atoms with Crippen molar-refractivity contribution in [3.05, 3.63) is 26.4 Å². The van der Waals surface area contributed by atoms with Crippen LogP contribution in [0.4, 0.5) is 0 Å². The predicted octanol–water partition coefficient (Wildman–Crippen LogP) is 3.54. The van der Waals surface area contributed by atoms with Crippen molar-refractivity contribution in [2.45, 2.75) is 13.8 Å². The Morgan fingerprint density at radius 1 is 1.69 bits per heavy atom. The van der Waals surface area contributed by atoms with Crippen molar-refractivity contribution in [1.29, 1.82) is 0 Å². The molecule has 0 aromatic carbocycles. The Morgan fingerprint density at radius 3 is 2.77 bits per heavy atom. The van der Waals surface area contributed by atoms with E-state index in [4.69, 9.17) is 5.11 Å². The third-order valence-corrected chi connectivity index (χ3v) is 3.48. The Labute approximate surface area is 91.2 Å². The van der Waals surface area contributed by atoms with Gasteiger partial charge in [-0.25, -0.2) is 0 Å². The van der Waals surface area contributed by atoms with E-state index in [0.717, 1.165) is 10.0 Å². The minimum Gasteiger partial charge on any atom is -0.392 e. The normalized spacial score (nSPS) is 12.5. The molecule has 0 unspecified atom stereocenters. The molecule has 0 atom stereocenters. The summed E-state index contributed by atoms with van der Waals surface area (Å²) in [5.74, 6) is 0.408. The summed E-state index contributed by atoms with van der Waals surface area (Å²) in [5.41, 5.74) is 1.08. The van der Waals surface area contributed by atoms with Gasteiger partial charge in [0.05, 0.1) is 6.61 Å². The van der Waals surface area contributed by atoms with Gasteiger partial charge in [-0.3, -0.25) is 0 Å². The molecule has 1 aromatic rings. The van der Waals surface area contributed by atoms with Gasteiger partial charge in [0.2, 0.25) is 0 Å². The SMILES string of the molecule is CC(C)C(=Cc1cc(Br)cs1)CO. The lowest BCUT2D eigenvalue weighted by atomic mass is 10.0. The highest BCUT2D eigenvalue weighted by atomic mass is 79.9. The van der Waals surface area contributed by atoms with E-state index >= 15 is 0 Å². The largest absolute Gasteiger partial charge is 0.392 e. The molecule has 0 fully saturated rings. The third kappa shape index (κ3) is 3.25. The number of aliphatic hydroxyl groups is 1. The second-order valence-electron chi connectivity index (χ2n) is 3.20. The Kier molecular flexibility index (Phi) is 4.16. The molecular weight excluding hydrogens is 248 g/mol. The molecule has 0 aliphatic carbocycles. The van der Waals surface area contributed by atoms with E-state index in [0.29, 0.717) is 5.92 Å². The van der Waals surface area contributed by atoms with Gasteiger partial charge >= 0.3 is 0 Å². The van der Waals surface area contributed by atoms with Gasteiger partial charge in [0.1, 0.15) is 0 Å². The molecule has 0 saturated carbocycles. The number of hydrogen-bond donors (Lipinski definition) is 1. The summed E-state index contributed by atoms with van der Waals surface area (Å²) in [6.45, 7) is 4.32. The summed E-state index contributed by atoms with van der Waals surface area (Å²) in [6, 6.07) is 2.06. The zero-order valence-electron chi connectivity index (χ0n) is 7.75. The van der Waals surface area contributed by atoms with Gasteiger partial charge in [-0.15, -0.1) is 11.3 Å². The minimum atomic E-state index is 0.146. The first-order chi connectivity index (χ1) is 6.13. The predicted molar refractivity (Wildman–Crippen MR) is 61.9 cm³/mol. The quantitative estimate of drug-likeness (QED) is 0.882. The Morgan fingerprint density at radius 2 is 2.38 bits per heavy atom. The summed E-state index contributed by atoms with van der Waals surface area (Å²) >= 11 is 5.08. The van der Waals surface area contributed by atoms with Crippen molar-refractivity contribution in [2.24, 2.45) is 5.92 Å². The molecule has 13 heavy (non-hydrogen) atoms. The summed E-state index contributed by atoms with van der Waals surface area (Å²) in [5, 5.41) is 11.1. The second-order valence-corrected chi connectivity index (χ2v) is 5.06. The van der Waals surface area contributed by atoms with Gasteiger partial charge in [-0.2, -0.15) is 0 Å². The zero-order valence-corrected chi connectivity index (χ0v) is 10.2. The molecule has 0 radical (unpaired) electrons. The van der Waals surface area contributed by atoms with Crippen molar-refractivity contribution >= 4 is 33.3 Å². The lowest BCUT2D eigenvalue weighted by Gasteiger charge is -2.06. The summed E-state index contributed by atoms with van der Waals surface area (Å²) in [7, 11) is 0. The molecule has 0 aliphatic rings. The molecule has 0 bridgehead atoms. The molecule has 0 spiro atoms. The molecule has 1 rings (SSSR count). The topological polar surface area (TPSA) is 20.2 Å². The first kappa shape index (κ1) is 11.0. The van der Waals surface area contributed by atoms with E-state index in [1.54, 1.807) is 11.3 Å². The summed E-state index contributed by atoms with van der Waals surface area (Å²) in [4.78, 5) is 1.18. The van der Waals surface area contributed by atoms with Crippen LogP contribution in [0.1, 0.15) is 18.7 Å². The molecular formula is C10H13BrOS. The average molecular weight is 261 g/mol. The Hall–Kier alpha value is -0.120. The van der Waals surface area contributed by atoms with Crippen LogP contribution in [0.25, 0.3) is 6.08 Å². The Balaban J connectivity index is 2.84. The van der Waals surface area contributed by atoms with Crippen molar-refractivity contribution in [3.8, 4) is 0 Å². The Bertz CT molecular complexity index is 302. The summed E-state index contributed by atoms with van der Waals surface area (Å²) < 4.78 is 1.10. The van der Waals surface area contributed by atoms with Crippen molar-refractivity contribution < 1.29 is 5.11 Å². The monoisotopic (exact) mass is 260 g/mol. The first-order valence-electron chi connectivity index (χ1n) is 4.19. The van der Waals surface area contributed by atoms with Crippen LogP contribution in [0.3, 0.4) is 0 Å². The van der Waals surface area contributed by atoms with Gasteiger partial charge in [-0.1, -0.05) is 13.8 Å². The highest BCUT2D eigenvalue weighted by molar-refractivity contribution is 9.10. The maximum atomic E-state index is 9.09. The van der Waals surface area contributed by atoms with Crippen molar-refractivity contribution in [2.75, 3.05) is 6.61 Å². The number of thiophene rings is 1. The minimum absolute atomic E-state index is 0.146. The fourth-order valence-corrected chi connectivity index (χ4v) is 2.39. The van der Waals surface area contributed by atoms with Crippen LogP contribution in [-0.4, -0.2) is 11.7 Å². The first-order valence-corrected chi connectivity index (χ1v) is 5.86. The smallest absolute Gasteiger partial charge is 0.0647 e. The van der Waals surface area contributed by atoms with E-state index in [1.165, 1.54) is 4.88 Å². The lowest BCUT2D eigenvalue weighted by molar-refractivity contribution is 0.320. The molecule has 1 nitrogen and oxygen atoms in total. The van der Waals surface area contributed by atoms with E-state index in [1.807, 2.05) is 5.38 Å². The molecule has 0 amide bonds. The second kappa shape index (κ2) is 4.94. The number of rotatable bonds is 3. The van der Waals surface area contributed by atoms with Crippen LogP contribution >= 0.6 is 27.3 Å². The maximum Gasteiger partial charge on any atom is 0.0647 e. The van der Waals surface area contributed by atoms with Crippen molar-refractivity contribution in [1.82, 2.24) is 0 Å². The molecule has 0 saturated heterocycles. The van der Waals surface area contributed by atoms with Gasteiger partial charge in [0, 0.05) is 14.7 Å². The lowest BCUT2D eigenvalue weighted by Crippen LogP contribution is -1.98. The number of halogens is 1. The number of aliphatic hydroxyl groups excluding tert-OH is 1. The zero-order chi connectivity index (χ0) is 9.84. The standard InChI is InChI=1S/C10H13BrOS/c1-7(2)8(5-12)3-10-4-9(11)6-13-10/h3-4,6-7,12H,5H2,1-2H3. The van der Waals surface area contributed by atoms with E-state index in [9.17, 15) is 0 Å². The van der Waals surface area contributed by atoms with Crippen LogP contribution in [0.15, 0.2) is 21.5 Å². The average Bonchev–Trinajstić information content (AvgIpc) is 2.46. The third-order valence-electron chi connectivity index (χ3n) is 1.84. The fraction of sp³-hybridized carbons (Fsp3) is 0.400. The molecule has 72 valence electrons. The fourth-order valence-electron chi connectivity index (χ4n) is 0.982. The molecule has 1 heterocycles. The van der Waals surface area contributed by atoms with Crippen LogP contribution in [0.2, 0.25) is 0 Å². The van der Waals surface area contributed by atoms with Crippen molar-refractivity contribution in [3.63, 3.8) is 0 Å². The van der Waals surface area contributed by atoms with E-state index in [-0.39, 0.29) is 6.61 Å². The van der Waals surface area contributed by atoms with Crippen LogP contribution in [-0.2, 0) is 0 Å². The van der Waals surface area contributed by atoms with Crippen LogP contribution in [0, 0.1) is 5.92 Å². The molecule has 3 heteroatoms. The highest BCUT2D eigenvalue weighted by Gasteiger charge is 2.02. The van der Waals surface area contributed by atoms with E-state index in [2.05, 4.69) is 41.9 Å². The molecule has 1 aromatic heterocycles. The highest BCUT2D eigenvalue weighted by Crippen LogP contribution is 2.23. The van der Waals surface area contributed by atoms with Crippen LogP contribution < -0.4 is 0 Å². The van der Waals surface area contributed by atoms with Gasteiger partial charge in [0.15, 0.2) is 0 Å². The number of hydrogen-bond acceptors (Lipinski definition) is 2. The van der Waals surface area contributed by atoms with Gasteiger partial charge in [-0.05, 0) is 39.6 Å². The maximum absolute atomic E-state index is 9.09. The molecule has 0 aliphatic heterocycles.